The molecule has 2 amide bonds. The highest BCUT2D eigenvalue weighted by atomic mass is 35.5. The van der Waals surface area contributed by atoms with Gasteiger partial charge in [0.2, 0.25) is 0 Å². The van der Waals surface area contributed by atoms with Gasteiger partial charge < -0.3 is 16.0 Å². The normalized spacial score (nSPS) is 18.1. The second kappa shape index (κ2) is 5.98. The summed E-state index contributed by atoms with van der Waals surface area (Å²) in [5.74, 6) is 0. The average molecular weight is 335 g/mol. The van der Waals surface area contributed by atoms with E-state index in [2.05, 4.69) is 10.3 Å². The van der Waals surface area contributed by atoms with Crippen LogP contribution in [-0.4, -0.2) is 22.5 Å². The zero-order valence-electron chi connectivity index (χ0n) is 11.9. The minimum absolute atomic E-state index is 0.130. The number of rotatable bonds is 3. The fourth-order valence-corrected chi connectivity index (χ4v) is 3.07. The molecule has 3 N–H and O–H groups in total. The van der Waals surface area contributed by atoms with Crippen LogP contribution in [-0.2, 0) is 0 Å². The van der Waals surface area contributed by atoms with Crippen molar-refractivity contribution in [3.63, 3.8) is 0 Å². The van der Waals surface area contributed by atoms with Crippen molar-refractivity contribution in [2.45, 2.75) is 13.0 Å². The van der Waals surface area contributed by atoms with E-state index < -0.39 is 0 Å². The van der Waals surface area contributed by atoms with Crippen molar-refractivity contribution < 1.29 is 4.79 Å². The Morgan fingerprint density at radius 1 is 1.41 bits per heavy atom. The number of nitrogens with one attached hydrogen (secondary N) is 1. The predicted octanol–water partition coefficient (Wildman–Crippen LogP) is 3.51. The van der Waals surface area contributed by atoms with E-state index in [1.165, 1.54) is 11.3 Å². The van der Waals surface area contributed by atoms with E-state index >= 15 is 0 Å². The summed E-state index contributed by atoms with van der Waals surface area (Å²) in [4.78, 5) is 18.1. The number of aromatic nitrogens is 1. The smallest absolute Gasteiger partial charge is 0.322 e. The minimum Gasteiger partial charge on any atom is -0.375 e. The van der Waals surface area contributed by atoms with Crippen LogP contribution in [0.1, 0.15) is 24.2 Å². The van der Waals surface area contributed by atoms with Crippen LogP contribution in [0.15, 0.2) is 35.8 Å². The maximum Gasteiger partial charge on any atom is 0.322 e. The number of urea groups is 1. The third kappa shape index (κ3) is 2.80. The quantitative estimate of drug-likeness (QED) is 0.902. The molecule has 7 heteroatoms. The lowest BCUT2D eigenvalue weighted by Crippen LogP contribution is -2.43. The highest BCUT2D eigenvalue weighted by Crippen LogP contribution is 2.34. The summed E-state index contributed by atoms with van der Waals surface area (Å²) in [7, 11) is 0. The zero-order chi connectivity index (χ0) is 15.7. The van der Waals surface area contributed by atoms with Gasteiger partial charge >= 0.3 is 6.03 Å². The molecule has 3 rings (SSSR count). The second-order valence-electron chi connectivity index (χ2n) is 4.88. The molecule has 5 nitrogen and oxygen atoms in total. The number of hydrogen-bond acceptors (Lipinski definition) is 4. The summed E-state index contributed by atoms with van der Waals surface area (Å²) < 4.78 is 0. The van der Waals surface area contributed by atoms with Gasteiger partial charge in [-0.3, -0.25) is 0 Å². The SMILES string of the molecule is CCN1C=C(c2csc(N)n2)C(c2ccc(Cl)cc2)NC1=O. The van der Waals surface area contributed by atoms with Crippen molar-refractivity contribution in [2.24, 2.45) is 0 Å². The van der Waals surface area contributed by atoms with Gasteiger partial charge in [-0.15, -0.1) is 11.3 Å². The van der Waals surface area contributed by atoms with Crippen LogP contribution in [0.2, 0.25) is 5.02 Å². The number of amides is 2. The van der Waals surface area contributed by atoms with Crippen molar-refractivity contribution in [3.8, 4) is 0 Å². The molecule has 0 aliphatic carbocycles. The number of hydrogen-bond donors (Lipinski definition) is 2. The molecule has 1 aliphatic heterocycles. The third-order valence-corrected chi connectivity index (χ3v) is 4.42. The molecule has 1 atom stereocenters. The molecule has 2 heterocycles. The van der Waals surface area contributed by atoms with Crippen molar-refractivity contribution in [3.05, 3.63) is 52.1 Å². The molecule has 1 unspecified atom stereocenters. The Balaban J connectivity index is 2.06. The summed E-state index contributed by atoms with van der Waals surface area (Å²) >= 11 is 7.33. The van der Waals surface area contributed by atoms with Crippen LogP contribution in [0.4, 0.5) is 9.93 Å². The Kier molecular flexibility index (Phi) is 4.04. The van der Waals surface area contributed by atoms with Crippen molar-refractivity contribution in [1.29, 1.82) is 0 Å². The van der Waals surface area contributed by atoms with Gasteiger partial charge in [-0.1, -0.05) is 23.7 Å². The first-order valence-corrected chi connectivity index (χ1v) is 8.10. The summed E-state index contributed by atoms with van der Waals surface area (Å²) in [5.41, 5.74) is 8.39. The minimum atomic E-state index is -0.269. The van der Waals surface area contributed by atoms with Gasteiger partial charge in [-0.2, -0.15) is 0 Å². The van der Waals surface area contributed by atoms with E-state index in [1.807, 2.05) is 42.8 Å². The molecular formula is C15H15ClN4OS. The molecule has 0 spiro atoms. The first kappa shape index (κ1) is 14.9. The van der Waals surface area contributed by atoms with Crippen molar-refractivity contribution >= 4 is 39.7 Å². The lowest BCUT2D eigenvalue weighted by Gasteiger charge is -2.31. The van der Waals surface area contributed by atoms with E-state index in [0.717, 1.165) is 16.8 Å². The van der Waals surface area contributed by atoms with Crippen LogP contribution >= 0.6 is 22.9 Å². The Bertz CT molecular complexity index is 725. The lowest BCUT2D eigenvalue weighted by atomic mass is 9.96. The first-order valence-electron chi connectivity index (χ1n) is 6.84. The predicted molar refractivity (Wildman–Crippen MR) is 89.6 cm³/mol. The Morgan fingerprint density at radius 3 is 2.73 bits per heavy atom. The second-order valence-corrected chi connectivity index (χ2v) is 6.20. The molecule has 1 aromatic carbocycles. The van der Waals surface area contributed by atoms with Gasteiger partial charge in [-0.25, -0.2) is 9.78 Å². The summed E-state index contributed by atoms with van der Waals surface area (Å²) in [6.45, 7) is 2.51. The number of thiazole rings is 1. The Morgan fingerprint density at radius 2 is 2.14 bits per heavy atom. The fraction of sp³-hybridized carbons (Fsp3) is 0.200. The van der Waals surface area contributed by atoms with E-state index in [0.29, 0.717) is 16.7 Å². The highest BCUT2D eigenvalue weighted by molar-refractivity contribution is 7.13. The van der Waals surface area contributed by atoms with Gasteiger partial charge in [0, 0.05) is 28.7 Å². The Labute approximate surface area is 137 Å². The number of nitrogens with zero attached hydrogens (tertiary/aromatic N) is 2. The van der Waals surface area contributed by atoms with Crippen LogP contribution < -0.4 is 11.1 Å². The number of halogens is 1. The highest BCUT2D eigenvalue weighted by Gasteiger charge is 2.29. The van der Waals surface area contributed by atoms with Crippen LogP contribution in [0.25, 0.3) is 5.57 Å². The maximum atomic E-state index is 12.2. The number of anilines is 1. The number of benzene rings is 1. The molecule has 0 saturated carbocycles. The van der Waals surface area contributed by atoms with E-state index in [1.54, 1.807) is 4.90 Å². The molecule has 0 bridgehead atoms. The number of carbonyl (C=O) groups is 1. The molecule has 1 aromatic heterocycles. The van der Waals surface area contributed by atoms with Crippen LogP contribution in [0.5, 0.6) is 0 Å². The van der Waals surface area contributed by atoms with Gasteiger partial charge in [0.05, 0.1) is 11.7 Å². The van der Waals surface area contributed by atoms with Crippen molar-refractivity contribution in [1.82, 2.24) is 15.2 Å². The largest absolute Gasteiger partial charge is 0.375 e. The molecule has 0 saturated heterocycles. The van der Waals surface area contributed by atoms with Gasteiger partial charge in [0.1, 0.15) is 0 Å². The van der Waals surface area contributed by atoms with Gasteiger partial charge in [-0.05, 0) is 24.6 Å². The number of nitrogens with two attached hydrogens (primary N) is 1. The summed E-state index contributed by atoms with van der Waals surface area (Å²) in [5, 5.41) is 6.07. The molecule has 1 aliphatic rings. The van der Waals surface area contributed by atoms with Crippen molar-refractivity contribution in [2.75, 3.05) is 12.3 Å². The van der Waals surface area contributed by atoms with E-state index in [-0.39, 0.29) is 12.1 Å². The monoisotopic (exact) mass is 334 g/mol. The summed E-state index contributed by atoms with van der Waals surface area (Å²) in [6.07, 6.45) is 1.84. The Hall–Kier alpha value is -2.05. The molecule has 0 radical (unpaired) electrons. The molecule has 0 fully saturated rings. The summed E-state index contributed by atoms with van der Waals surface area (Å²) in [6, 6.07) is 7.02. The maximum absolute atomic E-state index is 12.2. The molecular weight excluding hydrogens is 320 g/mol. The molecule has 114 valence electrons. The third-order valence-electron chi connectivity index (χ3n) is 3.50. The standard InChI is InChI=1S/C15H15ClN4OS/c1-2-20-7-11(12-8-22-14(17)18-12)13(19-15(20)21)9-3-5-10(16)6-4-9/h3-8,13H,2H2,1H3,(H2,17,18)(H,19,21). The van der Waals surface area contributed by atoms with Gasteiger partial charge in [0.15, 0.2) is 5.13 Å². The fourth-order valence-electron chi connectivity index (χ4n) is 2.37. The average Bonchev–Trinajstić information content (AvgIpc) is 2.94. The lowest BCUT2D eigenvalue weighted by molar-refractivity contribution is 0.212. The molecule has 2 aromatic rings. The van der Waals surface area contributed by atoms with Crippen LogP contribution in [0, 0.1) is 0 Å². The van der Waals surface area contributed by atoms with Crippen LogP contribution in [0.3, 0.4) is 0 Å². The van der Waals surface area contributed by atoms with E-state index in [9.17, 15) is 4.79 Å². The molecule has 22 heavy (non-hydrogen) atoms. The number of carbonyl (C=O) groups excluding carboxylic acids is 1. The topological polar surface area (TPSA) is 71.2 Å². The van der Waals surface area contributed by atoms with Gasteiger partial charge in [0.25, 0.3) is 0 Å². The van der Waals surface area contributed by atoms with E-state index in [4.69, 9.17) is 17.3 Å². The first-order chi connectivity index (χ1) is 10.6. The zero-order valence-corrected chi connectivity index (χ0v) is 13.5. The number of nitrogen functional groups attached to an aromatic ring is 1.